The molecular weight excluding hydrogens is 372 g/mol. The molecule has 0 bridgehead atoms. The number of carbonyl (C=O) groups excluding carboxylic acids is 1. The molecule has 2 aromatic carbocycles. The lowest BCUT2D eigenvalue weighted by Gasteiger charge is -2.10. The summed E-state index contributed by atoms with van der Waals surface area (Å²) in [5.41, 5.74) is 4.08. The topological polar surface area (TPSA) is 60.5 Å². The van der Waals surface area contributed by atoms with Crippen LogP contribution in [0, 0.1) is 13.8 Å². The Labute approximate surface area is 169 Å². The quantitative estimate of drug-likeness (QED) is 0.647. The molecule has 28 heavy (non-hydrogen) atoms. The number of rotatable bonds is 7. The van der Waals surface area contributed by atoms with E-state index in [2.05, 4.69) is 41.5 Å². The summed E-state index contributed by atoms with van der Waals surface area (Å²) in [6.45, 7) is 4.45. The van der Waals surface area contributed by atoms with E-state index in [9.17, 15) is 4.79 Å². The first kappa shape index (κ1) is 19.9. The monoisotopic (exact) mass is 396 g/mol. The number of nitrogens with one attached hydrogen (secondary N) is 1. The number of ether oxygens (including phenoxy) is 2. The van der Waals surface area contributed by atoms with Crippen LogP contribution in [-0.2, 0) is 17.8 Å². The molecule has 0 aliphatic heterocycles. The van der Waals surface area contributed by atoms with Gasteiger partial charge >= 0.3 is 0 Å². The number of nitrogens with zero attached hydrogens (tertiary/aromatic N) is 1. The molecule has 0 unspecified atom stereocenters. The van der Waals surface area contributed by atoms with Gasteiger partial charge in [0, 0.05) is 17.0 Å². The number of methoxy groups -OCH3 is 2. The lowest BCUT2D eigenvalue weighted by atomic mass is 10.1. The van der Waals surface area contributed by atoms with Crippen molar-refractivity contribution in [3.63, 3.8) is 0 Å². The van der Waals surface area contributed by atoms with Crippen molar-refractivity contribution in [3.8, 4) is 22.8 Å². The van der Waals surface area contributed by atoms with Crippen molar-refractivity contribution in [1.82, 2.24) is 10.3 Å². The van der Waals surface area contributed by atoms with Crippen molar-refractivity contribution in [2.24, 2.45) is 0 Å². The number of thiazole rings is 1. The molecule has 0 saturated heterocycles. The molecule has 0 saturated carbocycles. The summed E-state index contributed by atoms with van der Waals surface area (Å²) in [6.07, 6.45) is 0.308. The van der Waals surface area contributed by atoms with Gasteiger partial charge in [0.2, 0.25) is 5.91 Å². The van der Waals surface area contributed by atoms with Crippen LogP contribution in [0.3, 0.4) is 0 Å². The van der Waals surface area contributed by atoms with Crippen LogP contribution in [0.2, 0.25) is 0 Å². The Kier molecular flexibility index (Phi) is 6.31. The summed E-state index contributed by atoms with van der Waals surface area (Å²) in [4.78, 5) is 18.1. The molecule has 146 valence electrons. The van der Waals surface area contributed by atoms with E-state index in [4.69, 9.17) is 9.47 Å². The highest BCUT2D eigenvalue weighted by Crippen LogP contribution is 2.29. The first-order valence-electron chi connectivity index (χ1n) is 9.01. The smallest absolute Gasteiger partial charge is 0.225 e. The minimum absolute atomic E-state index is 0.0354. The van der Waals surface area contributed by atoms with Crippen molar-refractivity contribution in [2.75, 3.05) is 14.2 Å². The second kappa shape index (κ2) is 8.89. The molecular formula is C22H24N2O3S. The molecule has 1 aromatic heterocycles. The van der Waals surface area contributed by atoms with Gasteiger partial charge in [0.15, 0.2) is 11.5 Å². The molecule has 1 heterocycles. The van der Waals surface area contributed by atoms with Crippen LogP contribution in [0.5, 0.6) is 11.5 Å². The Bertz CT molecular complexity index is 964. The van der Waals surface area contributed by atoms with Gasteiger partial charge in [-0.15, -0.1) is 11.3 Å². The van der Waals surface area contributed by atoms with E-state index in [1.165, 1.54) is 5.56 Å². The van der Waals surface area contributed by atoms with Crippen LogP contribution in [-0.4, -0.2) is 25.1 Å². The third-order valence-corrected chi connectivity index (χ3v) is 5.36. The van der Waals surface area contributed by atoms with Crippen LogP contribution < -0.4 is 14.8 Å². The van der Waals surface area contributed by atoms with Crippen LogP contribution >= 0.6 is 11.3 Å². The molecule has 3 rings (SSSR count). The fourth-order valence-electron chi connectivity index (χ4n) is 2.93. The Morgan fingerprint density at radius 1 is 1.04 bits per heavy atom. The minimum atomic E-state index is -0.0354. The van der Waals surface area contributed by atoms with Crippen LogP contribution in [0.15, 0.2) is 42.5 Å². The van der Waals surface area contributed by atoms with Gasteiger partial charge in [0.05, 0.1) is 31.3 Å². The number of aryl methyl sites for hydroxylation is 2. The van der Waals surface area contributed by atoms with Crippen LogP contribution in [0.25, 0.3) is 11.3 Å². The number of hydrogen-bond acceptors (Lipinski definition) is 5. The maximum atomic E-state index is 12.5. The summed E-state index contributed by atoms with van der Waals surface area (Å²) in [7, 11) is 3.20. The highest BCUT2D eigenvalue weighted by molar-refractivity contribution is 7.12. The molecule has 1 N–H and O–H groups in total. The summed E-state index contributed by atoms with van der Waals surface area (Å²) in [5, 5.41) is 3.93. The van der Waals surface area contributed by atoms with E-state index in [1.54, 1.807) is 25.6 Å². The van der Waals surface area contributed by atoms with Gasteiger partial charge in [0.25, 0.3) is 0 Å². The third-order valence-electron chi connectivity index (χ3n) is 4.39. The molecule has 0 spiro atoms. The number of amides is 1. The molecule has 3 aromatic rings. The van der Waals surface area contributed by atoms with Crippen molar-refractivity contribution >= 4 is 17.2 Å². The fourth-order valence-corrected chi connectivity index (χ4v) is 3.88. The van der Waals surface area contributed by atoms with Crippen LogP contribution in [0.4, 0.5) is 0 Å². The second-order valence-corrected chi connectivity index (χ2v) is 7.80. The largest absolute Gasteiger partial charge is 0.493 e. The average Bonchev–Trinajstić information content (AvgIpc) is 3.06. The number of aromatic nitrogens is 1. The number of hydrogen-bond donors (Lipinski definition) is 1. The van der Waals surface area contributed by atoms with Crippen molar-refractivity contribution in [1.29, 1.82) is 0 Å². The molecule has 0 aliphatic carbocycles. The highest BCUT2D eigenvalue weighted by atomic mass is 32.1. The van der Waals surface area contributed by atoms with Crippen molar-refractivity contribution < 1.29 is 14.3 Å². The third kappa shape index (κ3) is 4.70. The lowest BCUT2D eigenvalue weighted by molar-refractivity contribution is -0.120. The zero-order valence-corrected chi connectivity index (χ0v) is 17.4. The number of benzene rings is 2. The van der Waals surface area contributed by atoms with Gasteiger partial charge in [0.1, 0.15) is 0 Å². The molecule has 0 radical (unpaired) electrons. The van der Waals surface area contributed by atoms with E-state index in [1.807, 2.05) is 25.1 Å². The Morgan fingerprint density at radius 2 is 1.75 bits per heavy atom. The SMILES string of the molecule is COc1ccc(CNC(=O)Cc2sc(C)nc2-c2ccc(C)cc2)cc1OC. The normalized spacial score (nSPS) is 10.6. The molecule has 1 amide bonds. The second-order valence-electron chi connectivity index (χ2n) is 6.51. The van der Waals surface area contributed by atoms with E-state index < -0.39 is 0 Å². The zero-order chi connectivity index (χ0) is 20.1. The first-order valence-corrected chi connectivity index (χ1v) is 9.82. The van der Waals surface area contributed by atoms with Gasteiger partial charge < -0.3 is 14.8 Å². The van der Waals surface area contributed by atoms with Gasteiger partial charge in [-0.1, -0.05) is 35.9 Å². The Hall–Kier alpha value is -2.86. The van der Waals surface area contributed by atoms with Crippen LogP contribution in [0.1, 0.15) is 21.0 Å². The molecule has 0 atom stereocenters. The van der Waals surface area contributed by atoms with Crippen molar-refractivity contribution in [2.45, 2.75) is 26.8 Å². The summed E-state index contributed by atoms with van der Waals surface area (Å²) in [5.74, 6) is 1.28. The molecule has 0 fully saturated rings. The van der Waals surface area contributed by atoms with E-state index in [-0.39, 0.29) is 5.91 Å². The van der Waals surface area contributed by atoms with Gasteiger partial charge in [-0.25, -0.2) is 4.98 Å². The maximum absolute atomic E-state index is 12.5. The molecule has 5 nitrogen and oxygen atoms in total. The summed E-state index contributed by atoms with van der Waals surface area (Å²) >= 11 is 1.57. The van der Waals surface area contributed by atoms with Gasteiger partial charge in [-0.3, -0.25) is 4.79 Å². The van der Waals surface area contributed by atoms with E-state index in [0.717, 1.165) is 26.7 Å². The standard InChI is InChI=1S/C22H24N2O3S/c1-14-5-8-17(9-6-14)22-20(28-15(2)24-22)12-21(25)23-13-16-7-10-18(26-3)19(11-16)27-4/h5-11H,12-13H2,1-4H3,(H,23,25). The predicted octanol–water partition coefficient (Wildman–Crippen LogP) is 4.30. The summed E-state index contributed by atoms with van der Waals surface area (Å²) in [6, 6.07) is 13.8. The van der Waals surface area contributed by atoms with E-state index >= 15 is 0 Å². The van der Waals surface area contributed by atoms with E-state index in [0.29, 0.717) is 24.5 Å². The van der Waals surface area contributed by atoms with Crippen molar-refractivity contribution in [3.05, 3.63) is 63.5 Å². The minimum Gasteiger partial charge on any atom is -0.493 e. The van der Waals surface area contributed by atoms with Gasteiger partial charge in [-0.05, 0) is 31.5 Å². The maximum Gasteiger partial charge on any atom is 0.225 e. The predicted molar refractivity (Wildman–Crippen MR) is 112 cm³/mol. The molecule has 0 aliphatic rings. The fraction of sp³-hybridized carbons (Fsp3) is 0.273. The van der Waals surface area contributed by atoms with Gasteiger partial charge in [-0.2, -0.15) is 0 Å². The lowest BCUT2D eigenvalue weighted by Crippen LogP contribution is -2.24. The average molecular weight is 397 g/mol. The number of carbonyl (C=O) groups is 1. The highest BCUT2D eigenvalue weighted by Gasteiger charge is 2.15. The summed E-state index contributed by atoms with van der Waals surface area (Å²) < 4.78 is 10.6. The molecule has 6 heteroatoms. The Balaban J connectivity index is 1.68. The zero-order valence-electron chi connectivity index (χ0n) is 16.5. The Morgan fingerprint density at radius 3 is 2.43 bits per heavy atom. The first-order chi connectivity index (χ1) is 13.5.